The molecule has 3 aliphatic heterocycles. The Morgan fingerprint density at radius 2 is 1.82 bits per heavy atom. The Kier molecular flexibility index (Phi) is 8.13. The Morgan fingerprint density at radius 3 is 2.61 bits per heavy atom. The van der Waals surface area contributed by atoms with Gasteiger partial charge in [0.1, 0.15) is 29.9 Å². The second kappa shape index (κ2) is 13.5. The highest BCUT2D eigenvalue weighted by atomic mass is 19.1. The van der Waals surface area contributed by atoms with Crippen LogP contribution in [0, 0.1) is 12.7 Å². The summed E-state index contributed by atoms with van der Waals surface area (Å²) in [6.45, 7) is 5.19. The smallest absolute Gasteiger partial charge is 0.319 e. The summed E-state index contributed by atoms with van der Waals surface area (Å²) in [5.41, 5.74) is 8.59. The van der Waals surface area contributed by atoms with Gasteiger partial charge in [-0.2, -0.15) is 15.1 Å². The lowest BCUT2D eigenvalue weighted by Crippen LogP contribution is -2.44. The molecule has 1 aliphatic carbocycles. The molecule has 4 aliphatic rings. The van der Waals surface area contributed by atoms with Gasteiger partial charge in [-0.15, -0.1) is 0 Å². The van der Waals surface area contributed by atoms with Crippen molar-refractivity contribution in [2.45, 2.75) is 76.2 Å². The maximum atomic E-state index is 15.9. The normalized spacial score (nSPS) is 19.9. The van der Waals surface area contributed by atoms with Crippen LogP contribution in [-0.4, -0.2) is 79.0 Å². The first kappa shape index (κ1) is 33.7. The molecule has 56 heavy (non-hydrogen) atoms. The fourth-order valence-corrected chi connectivity index (χ4v) is 8.95. The number of H-pyrrole nitrogens is 1. The average Bonchev–Trinajstić information content (AvgIpc) is 3.51. The Labute approximate surface area is 322 Å². The van der Waals surface area contributed by atoms with Gasteiger partial charge in [0.15, 0.2) is 11.4 Å². The van der Waals surface area contributed by atoms with Crippen LogP contribution in [0.15, 0.2) is 67.4 Å². The first-order chi connectivity index (χ1) is 27.5. The van der Waals surface area contributed by atoms with Crippen molar-refractivity contribution in [3.8, 4) is 22.9 Å². The number of hydrogen-bond acceptors (Lipinski definition) is 10. The van der Waals surface area contributed by atoms with Crippen molar-refractivity contribution in [1.29, 1.82) is 0 Å². The molecule has 3 saturated heterocycles. The van der Waals surface area contributed by atoms with Gasteiger partial charge < -0.3 is 28.8 Å². The van der Waals surface area contributed by atoms with Crippen LogP contribution in [0.1, 0.15) is 66.0 Å². The van der Waals surface area contributed by atoms with E-state index in [1.54, 1.807) is 18.6 Å². The summed E-state index contributed by atoms with van der Waals surface area (Å²) in [5.74, 6) is 1.50. The molecule has 2 bridgehead atoms. The van der Waals surface area contributed by atoms with Crippen LogP contribution >= 0.6 is 0 Å². The van der Waals surface area contributed by atoms with Crippen molar-refractivity contribution in [3.63, 3.8) is 0 Å². The van der Waals surface area contributed by atoms with Gasteiger partial charge in [0.2, 0.25) is 0 Å². The number of anilines is 1. The van der Waals surface area contributed by atoms with Gasteiger partial charge >= 0.3 is 6.01 Å². The average molecular weight is 752 g/mol. The molecule has 4 fully saturated rings. The summed E-state index contributed by atoms with van der Waals surface area (Å²) in [6.07, 6.45) is 14.6. The van der Waals surface area contributed by atoms with Gasteiger partial charge in [-0.05, 0) is 66.5 Å². The van der Waals surface area contributed by atoms with Crippen LogP contribution in [0.2, 0.25) is 0 Å². The van der Waals surface area contributed by atoms with Crippen molar-refractivity contribution in [2.24, 2.45) is 0 Å². The van der Waals surface area contributed by atoms with Crippen molar-refractivity contribution in [3.05, 3.63) is 101 Å². The Hall–Kier alpha value is -5.66. The van der Waals surface area contributed by atoms with E-state index < -0.39 is 0 Å². The molecular weight excluding hydrogens is 710 g/mol. The zero-order valence-corrected chi connectivity index (χ0v) is 31.2. The molecule has 1 saturated carbocycles. The second-order valence-corrected chi connectivity index (χ2v) is 15.8. The first-order valence-electron chi connectivity index (χ1n) is 19.8. The maximum absolute atomic E-state index is 15.9. The van der Waals surface area contributed by atoms with Gasteiger partial charge in [-0.25, -0.2) is 9.37 Å². The number of benzene rings is 3. The molecule has 0 spiro atoms. The topological polar surface area (TPSA) is 128 Å². The van der Waals surface area contributed by atoms with E-state index in [1.165, 1.54) is 6.07 Å². The summed E-state index contributed by atoms with van der Waals surface area (Å²) in [6, 6.07) is 13.3. The third kappa shape index (κ3) is 6.00. The molecule has 0 amide bonds. The third-order valence-corrected chi connectivity index (χ3v) is 12.0. The predicted molar refractivity (Wildman–Crippen MR) is 210 cm³/mol. The Bertz CT molecular complexity index is 2580. The molecule has 7 aromatic rings. The number of ether oxygens (including phenoxy) is 3. The fraction of sp³-hybridized carbons (Fsp3) is 0.372. The highest BCUT2D eigenvalue weighted by molar-refractivity contribution is 6.06. The molecule has 13 heteroatoms. The summed E-state index contributed by atoms with van der Waals surface area (Å²) < 4.78 is 37.2. The van der Waals surface area contributed by atoms with E-state index in [1.807, 2.05) is 23.7 Å². The minimum Gasteiger partial charge on any atom is -0.486 e. The predicted octanol–water partition coefficient (Wildman–Crippen LogP) is 6.82. The quantitative estimate of drug-likeness (QED) is 0.154. The molecule has 0 radical (unpaired) electrons. The zero-order valence-electron chi connectivity index (χ0n) is 31.2. The summed E-state index contributed by atoms with van der Waals surface area (Å²) in [4.78, 5) is 21.8. The Morgan fingerprint density at radius 1 is 0.964 bits per heavy atom. The number of imidazole rings is 1. The number of fused-ring (bicyclic) bond motifs is 5. The van der Waals surface area contributed by atoms with Crippen LogP contribution in [-0.2, 0) is 17.8 Å². The molecule has 11 rings (SSSR count). The van der Waals surface area contributed by atoms with E-state index in [4.69, 9.17) is 29.2 Å². The summed E-state index contributed by atoms with van der Waals surface area (Å²) in [5, 5.41) is 12.8. The molecule has 7 heterocycles. The minimum atomic E-state index is -0.297. The molecule has 3 aromatic carbocycles. The van der Waals surface area contributed by atoms with Gasteiger partial charge in [0.05, 0.1) is 36.8 Å². The number of nitrogens with one attached hydrogen (secondary N) is 2. The summed E-state index contributed by atoms with van der Waals surface area (Å²) >= 11 is 0. The first-order valence-corrected chi connectivity index (χ1v) is 19.8. The van der Waals surface area contributed by atoms with Gasteiger partial charge in [-0.3, -0.25) is 10.1 Å². The van der Waals surface area contributed by atoms with Gasteiger partial charge in [-0.1, -0.05) is 24.3 Å². The number of aromatic nitrogens is 7. The number of aromatic amines is 1. The number of piperazine rings is 1. The lowest BCUT2D eigenvalue weighted by Gasteiger charge is -2.31. The van der Waals surface area contributed by atoms with Crippen molar-refractivity contribution in [2.75, 3.05) is 31.2 Å². The monoisotopic (exact) mass is 751 g/mol. The van der Waals surface area contributed by atoms with Crippen molar-refractivity contribution >= 4 is 33.3 Å². The lowest BCUT2D eigenvalue weighted by atomic mass is 9.88. The number of nitrogens with zero attached hydrogens (tertiary/aromatic N) is 7. The number of rotatable bonds is 10. The number of hydrogen-bond donors (Lipinski definition) is 2. The van der Waals surface area contributed by atoms with Crippen LogP contribution in [0.4, 0.5) is 10.2 Å². The van der Waals surface area contributed by atoms with Gasteiger partial charge in [0, 0.05) is 84.9 Å². The van der Waals surface area contributed by atoms with E-state index in [9.17, 15) is 0 Å². The lowest BCUT2D eigenvalue weighted by molar-refractivity contribution is 0.0219. The third-order valence-electron chi connectivity index (χ3n) is 12.0. The van der Waals surface area contributed by atoms with Crippen LogP contribution < -0.4 is 19.7 Å². The van der Waals surface area contributed by atoms with E-state index in [2.05, 4.69) is 55.7 Å². The zero-order chi connectivity index (χ0) is 37.3. The molecule has 2 N–H and O–H groups in total. The highest BCUT2D eigenvalue weighted by Crippen LogP contribution is 2.53. The minimum absolute atomic E-state index is 0.0490. The van der Waals surface area contributed by atoms with E-state index in [-0.39, 0.29) is 18.5 Å². The Balaban J connectivity index is 1.05. The van der Waals surface area contributed by atoms with E-state index in [0.29, 0.717) is 66.0 Å². The largest absolute Gasteiger partial charge is 0.486 e. The second-order valence-electron chi connectivity index (χ2n) is 15.8. The standard InChI is InChI=1S/C43H42FN9O3/c1-24-35(44)17-36-34(19-47-51-36)38(24)39-32(27-6-7-27)16-33-40(49-43(56-31-8-12-54-13-9-31)50-42(33)53-22-28-15-30(53)18-46-28)41(39)55-23-26-4-2-25(3-5-26)14-29-21-52-11-10-45-20-37(52)48-29/h2-5,10-11,16-17,19-21,27-28,30-31,46H,6-9,12-15,18,22-23H2,1H3,(H,47,51)/t28-,30-/m0/s1. The molecule has 4 aromatic heterocycles. The molecule has 284 valence electrons. The van der Waals surface area contributed by atoms with E-state index >= 15 is 4.39 Å². The molecule has 12 nitrogen and oxygen atoms in total. The van der Waals surface area contributed by atoms with Crippen LogP contribution in [0.3, 0.4) is 0 Å². The van der Waals surface area contributed by atoms with Crippen LogP contribution in [0.5, 0.6) is 11.8 Å². The molecular formula is C43H42FN9O3. The SMILES string of the molecule is Cc1c(F)cc2[nH]ncc2c1-c1c(C2CC2)cc2c(N3C[C@@H]4C[C@H]3CN4)nc(OC3CCOCC3)nc2c1OCc1ccc(Cc2cn3ccncc3n2)cc1. The fourth-order valence-electron chi connectivity index (χ4n) is 8.95. The van der Waals surface area contributed by atoms with Gasteiger partial charge in [0.25, 0.3) is 0 Å². The van der Waals surface area contributed by atoms with Crippen molar-refractivity contribution < 1.29 is 18.6 Å². The summed E-state index contributed by atoms with van der Waals surface area (Å²) in [7, 11) is 0. The maximum Gasteiger partial charge on any atom is 0.319 e. The van der Waals surface area contributed by atoms with Crippen molar-refractivity contribution in [1.82, 2.24) is 39.9 Å². The van der Waals surface area contributed by atoms with Crippen LogP contribution in [0.25, 0.3) is 38.6 Å². The number of halogens is 1. The highest BCUT2D eigenvalue weighted by Gasteiger charge is 2.40. The molecule has 2 atom stereocenters. The van der Waals surface area contributed by atoms with E-state index in [0.717, 1.165) is 101 Å². The molecule has 0 unspecified atom stereocenters.